The van der Waals surface area contributed by atoms with Crippen molar-refractivity contribution in [3.8, 4) is 0 Å². The molecule has 0 fully saturated rings. The van der Waals surface area contributed by atoms with Gasteiger partial charge in [0.2, 0.25) is 0 Å². The van der Waals surface area contributed by atoms with E-state index in [2.05, 4.69) is 15.0 Å². The summed E-state index contributed by atoms with van der Waals surface area (Å²) in [6.45, 7) is 0.617. The number of benzene rings is 1. The van der Waals surface area contributed by atoms with Crippen molar-refractivity contribution in [1.29, 1.82) is 0 Å². The maximum absolute atomic E-state index is 9.56. The Morgan fingerprint density at radius 1 is 1.20 bits per heavy atom. The molecule has 7 heteroatoms. The van der Waals surface area contributed by atoms with Crippen molar-refractivity contribution in [3.63, 3.8) is 0 Å². The number of anilines is 1. The lowest BCUT2D eigenvalue weighted by Gasteiger charge is -2.26. The Balaban J connectivity index is 1.96. The van der Waals surface area contributed by atoms with Crippen LogP contribution in [0.1, 0.15) is 10.4 Å². The van der Waals surface area contributed by atoms with E-state index in [1.807, 2.05) is 49.8 Å². The van der Waals surface area contributed by atoms with E-state index in [-0.39, 0.29) is 6.61 Å². The lowest BCUT2D eigenvalue weighted by atomic mass is 10.1. The average Bonchev–Trinajstić information content (AvgIpc) is 3.18. The van der Waals surface area contributed by atoms with E-state index in [4.69, 9.17) is 5.73 Å². The van der Waals surface area contributed by atoms with Crippen molar-refractivity contribution in [2.45, 2.75) is 0 Å². The van der Waals surface area contributed by atoms with E-state index in [0.29, 0.717) is 16.8 Å². The second-order valence-electron chi connectivity index (χ2n) is 6.11. The van der Waals surface area contributed by atoms with Gasteiger partial charge in [0.15, 0.2) is 12.0 Å². The molecule has 1 atom stereocenters. The molecule has 3 aromatic rings. The summed E-state index contributed by atoms with van der Waals surface area (Å²) in [7, 11) is 2.05. The highest BCUT2D eigenvalue weighted by molar-refractivity contribution is 7.19. The van der Waals surface area contributed by atoms with Gasteiger partial charge in [-0.2, -0.15) is 4.99 Å². The van der Waals surface area contributed by atoms with Gasteiger partial charge in [0, 0.05) is 5.56 Å². The first-order valence-corrected chi connectivity index (χ1v) is 8.76. The Morgan fingerprint density at radius 2 is 2.00 bits per heavy atom. The smallest absolute Gasteiger partial charge is 0.195 e. The molecule has 0 bridgehead atoms. The first-order chi connectivity index (χ1) is 12.1. The lowest BCUT2D eigenvalue weighted by Crippen LogP contribution is -2.41. The van der Waals surface area contributed by atoms with Crippen LogP contribution in [0.4, 0.5) is 5.82 Å². The molecule has 3 N–H and O–H groups in total. The van der Waals surface area contributed by atoms with Crippen LogP contribution in [0.5, 0.6) is 0 Å². The molecule has 1 unspecified atom stereocenters. The van der Waals surface area contributed by atoms with Gasteiger partial charge in [-0.1, -0.05) is 30.3 Å². The van der Waals surface area contributed by atoms with Crippen LogP contribution in [0, 0.1) is 0 Å². The molecular weight excluding hydrogens is 334 g/mol. The van der Waals surface area contributed by atoms with Crippen LogP contribution in [0.15, 0.2) is 47.7 Å². The zero-order chi connectivity index (χ0) is 17.4. The summed E-state index contributed by atoms with van der Waals surface area (Å²) in [4.78, 5) is 15.0. The minimum absolute atomic E-state index is 0.0704. The van der Waals surface area contributed by atoms with Gasteiger partial charge in [0.1, 0.15) is 29.2 Å². The molecule has 3 heterocycles. The number of aromatic nitrogens is 2. The van der Waals surface area contributed by atoms with E-state index in [1.54, 1.807) is 11.3 Å². The molecule has 25 heavy (non-hydrogen) atoms. The second-order valence-corrected chi connectivity index (χ2v) is 7.14. The van der Waals surface area contributed by atoms with E-state index in [0.717, 1.165) is 32.1 Å². The molecule has 1 aromatic carbocycles. The number of nitrogens with two attached hydrogens (primary N) is 1. The van der Waals surface area contributed by atoms with E-state index < -0.39 is 0 Å². The van der Waals surface area contributed by atoms with Gasteiger partial charge in [0.25, 0.3) is 0 Å². The lowest BCUT2D eigenvalue weighted by molar-refractivity contribution is -0.735. The number of aliphatic hydroxyl groups is 1. The van der Waals surface area contributed by atoms with Crippen molar-refractivity contribution >= 4 is 45.1 Å². The third kappa shape index (κ3) is 2.62. The number of hydrogen-bond donors (Lipinski definition) is 2. The van der Waals surface area contributed by atoms with Crippen LogP contribution in [-0.4, -0.2) is 46.1 Å². The Labute approximate surface area is 149 Å². The molecular formula is C18H18N5OS+. The largest absolute Gasteiger partial charge is 0.390 e. The van der Waals surface area contributed by atoms with Crippen LogP contribution in [0.2, 0.25) is 0 Å². The van der Waals surface area contributed by atoms with Crippen molar-refractivity contribution < 1.29 is 9.59 Å². The number of nitrogen functional groups attached to an aromatic ring is 1. The molecule has 2 aromatic heterocycles. The van der Waals surface area contributed by atoms with Gasteiger partial charge in [-0.25, -0.2) is 14.5 Å². The number of likely N-dealkylation sites (N-methyl/N-ethyl adjacent to an activating group) is 1. The quantitative estimate of drug-likeness (QED) is 0.707. The van der Waals surface area contributed by atoms with E-state index >= 15 is 0 Å². The van der Waals surface area contributed by atoms with Gasteiger partial charge in [-0.15, -0.1) is 11.3 Å². The SMILES string of the molecule is C[N+]1(CCO)C=NC(c2ccccc2)=C1c1cc2c(N)ncnc2s1. The number of fused-ring (bicyclic) bond motifs is 1. The molecule has 0 spiro atoms. The van der Waals surface area contributed by atoms with Crippen LogP contribution in [0.25, 0.3) is 21.6 Å². The third-order valence-corrected chi connectivity index (χ3v) is 5.43. The normalized spacial score (nSPS) is 19.9. The first kappa shape index (κ1) is 15.9. The fourth-order valence-electron chi connectivity index (χ4n) is 3.09. The molecule has 0 saturated heterocycles. The van der Waals surface area contributed by atoms with Crippen LogP contribution >= 0.6 is 11.3 Å². The predicted molar refractivity (Wildman–Crippen MR) is 102 cm³/mol. The highest BCUT2D eigenvalue weighted by atomic mass is 32.1. The van der Waals surface area contributed by atoms with Crippen molar-refractivity contribution in [2.75, 3.05) is 25.9 Å². The van der Waals surface area contributed by atoms with E-state index in [1.165, 1.54) is 6.33 Å². The summed E-state index contributed by atoms with van der Waals surface area (Å²) >= 11 is 1.57. The molecule has 0 radical (unpaired) electrons. The van der Waals surface area contributed by atoms with Gasteiger partial charge in [0.05, 0.1) is 23.9 Å². The number of aliphatic imine (C=N–C) groups is 1. The summed E-state index contributed by atoms with van der Waals surface area (Å²) in [6, 6.07) is 12.1. The van der Waals surface area contributed by atoms with Crippen LogP contribution in [-0.2, 0) is 0 Å². The number of aliphatic hydroxyl groups excluding tert-OH is 1. The number of hydrogen-bond acceptors (Lipinski definition) is 6. The highest BCUT2D eigenvalue weighted by Gasteiger charge is 2.37. The molecule has 1 aliphatic heterocycles. The maximum Gasteiger partial charge on any atom is 0.195 e. The summed E-state index contributed by atoms with van der Waals surface area (Å²) in [5, 5.41) is 10.4. The molecule has 6 nitrogen and oxygen atoms in total. The fraction of sp³-hybridized carbons (Fsp3) is 0.167. The zero-order valence-corrected chi connectivity index (χ0v) is 14.6. The van der Waals surface area contributed by atoms with Gasteiger partial charge >= 0.3 is 0 Å². The summed E-state index contributed by atoms with van der Waals surface area (Å²) in [6.07, 6.45) is 3.37. The van der Waals surface area contributed by atoms with Gasteiger partial charge in [-0.3, -0.25) is 0 Å². The highest BCUT2D eigenvalue weighted by Crippen LogP contribution is 2.42. The predicted octanol–water partition coefficient (Wildman–Crippen LogP) is 2.58. The van der Waals surface area contributed by atoms with Crippen LogP contribution < -0.4 is 5.73 Å². The standard InChI is InChI=1S/C18H18N5OS/c1-23(7-8-24)11-22-15(12-5-3-2-4-6-12)16(23)14-9-13-17(19)20-10-21-18(13)25-14/h2-6,9-11,24H,7-8H2,1H3,(H2,19,20,21)/q+1. The second kappa shape index (κ2) is 6.03. The molecule has 0 amide bonds. The third-order valence-electron chi connectivity index (χ3n) is 4.38. The minimum atomic E-state index is 0.0704. The van der Waals surface area contributed by atoms with Crippen molar-refractivity contribution in [1.82, 2.24) is 9.97 Å². The first-order valence-electron chi connectivity index (χ1n) is 7.94. The minimum Gasteiger partial charge on any atom is -0.390 e. The van der Waals surface area contributed by atoms with E-state index in [9.17, 15) is 5.11 Å². The van der Waals surface area contributed by atoms with Crippen LogP contribution in [0.3, 0.4) is 0 Å². The number of rotatable bonds is 4. The number of nitrogens with zero attached hydrogens (tertiary/aromatic N) is 4. The molecule has 1 aliphatic rings. The Bertz CT molecular complexity index is 995. The molecule has 126 valence electrons. The zero-order valence-electron chi connectivity index (χ0n) is 13.8. The Hall–Kier alpha value is -2.61. The Kier molecular flexibility index (Phi) is 3.84. The van der Waals surface area contributed by atoms with Gasteiger partial charge in [-0.05, 0) is 6.07 Å². The van der Waals surface area contributed by atoms with Crippen molar-refractivity contribution in [2.24, 2.45) is 4.99 Å². The van der Waals surface area contributed by atoms with Gasteiger partial charge < -0.3 is 10.8 Å². The average molecular weight is 352 g/mol. The monoisotopic (exact) mass is 352 g/mol. The Morgan fingerprint density at radius 3 is 2.72 bits per heavy atom. The summed E-state index contributed by atoms with van der Waals surface area (Å²) < 4.78 is 0.431. The molecule has 0 saturated carbocycles. The van der Waals surface area contributed by atoms with Crippen molar-refractivity contribution in [3.05, 3.63) is 53.2 Å². The topological polar surface area (TPSA) is 84.4 Å². The molecule has 0 aliphatic carbocycles. The number of quaternary nitrogens is 1. The summed E-state index contributed by atoms with van der Waals surface area (Å²) in [5.74, 6) is 0.477. The maximum atomic E-state index is 9.56. The fourth-order valence-corrected chi connectivity index (χ4v) is 4.25. The molecule has 4 rings (SSSR count). The number of thiophene rings is 1. The summed E-state index contributed by atoms with van der Waals surface area (Å²) in [5.41, 5.74) is 9.01.